The number of aromatic nitrogens is 3. The third kappa shape index (κ3) is 3.03. The molecule has 0 saturated carbocycles. The van der Waals surface area contributed by atoms with Gasteiger partial charge in [-0.15, -0.1) is 10.2 Å². The highest BCUT2D eigenvalue weighted by molar-refractivity contribution is 14.2. The summed E-state index contributed by atoms with van der Waals surface area (Å²) >= 11 is 4.47. The van der Waals surface area contributed by atoms with Crippen LogP contribution < -0.4 is 0 Å². The summed E-state index contributed by atoms with van der Waals surface area (Å²) < 4.78 is 10.6. The predicted octanol–water partition coefficient (Wildman–Crippen LogP) is 4.06. The molecule has 0 saturated heterocycles. The van der Waals surface area contributed by atoms with E-state index in [1.54, 1.807) is 0 Å². The molecule has 0 atom stereocenters. The molecule has 2 heterocycles. The summed E-state index contributed by atoms with van der Waals surface area (Å²) in [7, 11) is 0. The molecule has 98 valence electrons. The molecule has 5 nitrogen and oxygen atoms in total. The lowest BCUT2D eigenvalue weighted by Gasteiger charge is -2.12. The summed E-state index contributed by atoms with van der Waals surface area (Å²) in [5.41, 5.74) is 0.801. The van der Waals surface area contributed by atoms with Crippen LogP contribution in [0.5, 0.6) is 0 Å². The average molecular weight is 473 g/mol. The fraction of sp³-hybridized carbons (Fsp3) is 0.545. The molecule has 0 aliphatic carbocycles. The largest absolute Gasteiger partial charge is 0.416 e. The van der Waals surface area contributed by atoms with Gasteiger partial charge < -0.3 is 8.94 Å². The Hall–Kier alpha value is -0.190. The summed E-state index contributed by atoms with van der Waals surface area (Å²) in [6, 6.07) is 1.84. The molecule has 0 aromatic carbocycles. The monoisotopic (exact) mass is 473 g/mol. The van der Waals surface area contributed by atoms with Crippen LogP contribution in [0.1, 0.15) is 39.3 Å². The van der Waals surface area contributed by atoms with Crippen molar-refractivity contribution in [2.24, 2.45) is 0 Å². The molecule has 7 heteroatoms. The molecule has 0 bridgehead atoms. The summed E-state index contributed by atoms with van der Waals surface area (Å²) in [6.07, 6.45) is 0. The fourth-order valence-electron chi connectivity index (χ4n) is 1.23. The molecule has 2 aromatic rings. The molecule has 0 radical (unpaired) electrons. The third-order valence-corrected chi connectivity index (χ3v) is 3.21. The number of halogens is 2. The van der Waals surface area contributed by atoms with Crippen LogP contribution in [0.3, 0.4) is 0 Å². The smallest absolute Gasteiger partial charge is 0.286 e. The molecule has 0 spiro atoms. The second kappa shape index (κ2) is 4.73. The zero-order valence-corrected chi connectivity index (χ0v) is 14.8. The minimum atomic E-state index is -0.229. The van der Waals surface area contributed by atoms with Gasteiger partial charge in [0.15, 0.2) is 0 Å². The van der Waals surface area contributed by atoms with Gasteiger partial charge in [0, 0.05) is 11.5 Å². The highest BCUT2D eigenvalue weighted by atomic mass is 127. The quantitative estimate of drug-likeness (QED) is 0.487. The number of rotatable bonds is 2. The van der Waals surface area contributed by atoms with E-state index < -0.39 is 0 Å². The molecule has 2 aromatic heterocycles. The number of nitrogens with zero attached hydrogens (tertiary/aromatic N) is 3. The Labute approximate surface area is 132 Å². The van der Waals surface area contributed by atoms with Gasteiger partial charge in [0.25, 0.3) is 5.89 Å². The third-order valence-electron chi connectivity index (χ3n) is 2.29. The van der Waals surface area contributed by atoms with Crippen LogP contribution in [-0.2, 0) is 6.84 Å². The molecule has 0 N–H and O–H groups in total. The minimum absolute atomic E-state index is 0.0638. The topological polar surface area (TPSA) is 65.0 Å². The van der Waals surface area contributed by atoms with Crippen molar-refractivity contribution in [3.63, 3.8) is 0 Å². The molecule has 0 aliphatic rings. The van der Waals surface area contributed by atoms with Crippen molar-refractivity contribution in [1.29, 1.82) is 0 Å². The lowest BCUT2D eigenvalue weighted by atomic mass is 9.92. The first-order chi connectivity index (χ1) is 8.18. The van der Waals surface area contributed by atoms with Gasteiger partial charge in [-0.25, -0.2) is 0 Å². The van der Waals surface area contributed by atoms with Crippen LogP contribution in [0, 0.1) is 0 Å². The van der Waals surface area contributed by atoms with Gasteiger partial charge in [0.05, 0.1) is 5.69 Å². The Bertz CT molecular complexity index is 499. The van der Waals surface area contributed by atoms with E-state index in [1.165, 1.54) is 0 Å². The van der Waals surface area contributed by atoms with E-state index in [-0.39, 0.29) is 6.84 Å². The fourth-order valence-corrected chi connectivity index (χ4v) is 1.67. The van der Waals surface area contributed by atoms with Gasteiger partial charge in [0.1, 0.15) is 1.43 Å². The highest BCUT2D eigenvalue weighted by Gasteiger charge is 2.28. The maximum Gasteiger partial charge on any atom is 0.286 e. The van der Waals surface area contributed by atoms with Crippen molar-refractivity contribution in [2.45, 2.75) is 34.5 Å². The molecular weight excluding hydrogens is 460 g/mol. The van der Waals surface area contributed by atoms with Gasteiger partial charge in [-0.1, -0.05) is 71.1 Å². The van der Waals surface area contributed by atoms with Crippen LogP contribution in [0.15, 0.2) is 15.0 Å². The summed E-state index contributed by atoms with van der Waals surface area (Å²) in [5.74, 6) is 1.44. The van der Waals surface area contributed by atoms with Gasteiger partial charge in [-0.3, -0.25) is 0 Å². The van der Waals surface area contributed by atoms with E-state index >= 15 is 0 Å². The number of hydrogen-bond donors (Lipinski definition) is 0. The lowest BCUT2D eigenvalue weighted by Crippen LogP contribution is -2.10. The molecule has 0 aliphatic heterocycles. The average Bonchev–Trinajstić information content (AvgIpc) is 2.84. The van der Waals surface area contributed by atoms with Crippen molar-refractivity contribution in [3.8, 4) is 11.7 Å². The minimum Gasteiger partial charge on any atom is -0.416 e. The normalized spacial score (nSPS) is 13.0. The summed E-state index contributed by atoms with van der Waals surface area (Å²) in [5, 5.41) is 12.0. The van der Waals surface area contributed by atoms with Crippen LogP contribution in [0.4, 0.5) is 0 Å². The summed E-state index contributed by atoms with van der Waals surface area (Å²) in [4.78, 5) is 0. The molecule has 2 rings (SSSR count). The van der Waals surface area contributed by atoms with Gasteiger partial charge in [-0.2, -0.15) is 0 Å². The molecular formula is C11H13I2N3O2. The Balaban J connectivity index is 2.33. The summed E-state index contributed by atoms with van der Waals surface area (Å²) in [6.45, 7) is 8.20. The first kappa shape index (κ1) is 14.2. The van der Waals surface area contributed by atoms with Crippen molar-refractivity contribution in [3.05, 3.63) is 17.7 Å². The van der Waals surface area contributed by atoms with Crippen LogP contribution >= 0.6 is 45.2 Å². The van der Waals surface area contributed by atoms with Crippen molar-refractivity contribution in [1.82, 2.24) is 15.4 Å². The number of hydrogen-bond acceptors (Lipinski definition) is 5. The van der Waals surface area contributed by atoms with E-state index in [9.17, 15) is 0 Å². The molecule has 0 amide bonds. The highest BCUT2D eigenvalue weighted by Crippen LogP contribution is 2.38. The van der Waals surface area contributed by atoms with Crippen molar-refractivity contribution < 1.29 is 8.94 Å². The Morgan fingerprint density at radius 1 is 1.11 bits per heavy atom. The second-order valence-electron chi connectivity index (χ2n) is 5.13. The Kier molecular flexibility index (Phi) is 3.74. The van der Waals surface area contributed by atoms with E-state index in [0.29, 0.717) is 17.5 Å². The van der Waals surface area contributed by atoms with E-state index in [2.05, 4.69) is 81.3 Å². The van der Waals surface area contributed by atoms with E-state index in [1.807, 2.05) is 13.0 Å². The first-order valence-corrected chi connectivity index (χ1v) is 7.53. The SMILES string of the molecule is CC(C)(C)c1cc(-c2nnc(C(C)(I)I)o2)on1. The predicted molar refractivity (Wildman–Crippen MR) is 83.9 cm³/mol. The first-order valence-electron chi connectivity index (χ1n) is 5.37. The van der Waals surface area contributed by atoms with Crippen LogP contribution in [0.2, 0.25) is 0 Å². The Morgan fingerprint density at radius 2 is 1.78 bits per heavy atom. The maximum absolute atomic E-state index is 5.59. The molecule has 0 fully saturated rings. The van der Waals surface area contributed by atoms with E-state index in [4.69, 9.17) is 8.94 Å². The zero-order valence-electron chi connectivity index (χ0n) is 10.5. The van der Waals surface area contributed by atoms with Crippen molar-refractivity contribution in [2.75, 3.05) is 0 Å². The van der Waals surface area contributed by atoms with E-state index in [0.717, 1.165) is 5.69 Å². The van der Waals surface area contributed by atoms with Crippen LogP contribution in [0.25, 0.3) is 11.7 Å². The maximum atomic E-state index is 5.59. The van der Waals surface area contributed by atoms with Crippen molar-refractivity contribution >= 4 is 45.2 Å². The van der Waals surface area contributed by atoms with Crippen LogP contribution in [-0.4, -0.2) is 15.4 Å². The molecule has 0 unspecified atom stereocenters. The standard InChI is InChI=1S/C11H13I2N3O2/c1-10(2,3)7-5-6(18-16-7)8-14-15-9(17-8)11(4,12)13/h5H,1-4H3. The van der Waals surface area contributed by atoms with Gasteiger partial charge >= 0.3 is 0 Å². The Morgan fingerprint density at radius 3 is 2.22 bits per heavy atom. The van der Waals surface area contributed by atoms with Gasteiger partial charge in [-0.05, 0) is 6.92 Å². The zero-order chi connectivity index (χ0) is 13.6. The molecule has 18 heavy (non-hydrogen) atoms. The second-order valence-corrected chi connectivity index (χ2v) is 11.5. The lowest BCUT2D eigenvalue weighted by molar-refractivity contribution is 0.388. The number of alkyl halides is 2. The van der Waals surface area contributed by atoms with Gasteiger partial charge in [0.2, 0.25) is 11.7 Å².